The minimum atomic E-state index is -3.58. The highest BCUT2D eigenvalue weighted by Crippen LogP contribution is 2.36. The number of fused-ring (bicyclic) bond motifs is 1. The van der Waals surface area contributed by atoms with Crippen LogP contribution in [-0.4, -0.2) is 45.0 Å². The molecule has 0 spiro atoms. The highest BCUT2D eigenvalue weighted by molar-refractivity contribution is 7.89. The van der Waals surface area contributed by atoms with Gasteiger partial charge in [-0.2, -0.15) is 4.31 Å². The van der Waals surface area contributed by atoms with Gasteiger partial charge < -0.3 is 10.0 Å². The van der Waals surface area contributed by atoms with Gasteiger partial charge in [0, 0.05) is 32.4 Å². The van der Waals surface area contributed by atoms with Crippen LogP contribution in [-0.2, 0) is 16.4 Å². The largest absolute Gasteiger partial charge is 0.387 e. The van der Waals surface area contributed by atoms with Crippen LogP contribution in [0.2, 0.25) is 0 Å². The molecule has 0 amide bonds. The minimum Gasteiger partial charge on any atom is -0.387 e. The Labute approximate surface area is 143 Å². The van der Waals surface area contributed by atoms with Gasteiger partial charge in [-0.3, -0.25) is 0 Å². The van der Waals surface area contributed by atoms with Crippen LogP contribution in [0.25, 0.3) is 0 Å². The van der Waals surface area contributed by atoms with Crippen molar-refractivity contribution in [2.24, 2.45) is 0 Å². The Bertz CT molecular complexity index is 832. The molecule has 1 N–H and O–H groups in total. The highest BCUT2D eigenvalue weighted by Gasteiger charge is 2.41. The molecule has 0 aliphatic carbocycles. The standard InChI is InChI=1S/C18H22N2O3S/c1-19(2)14-10-8-13(9-11-14)12-16-18(21)15-6-4-5-7-17(15)24(22,23)20(16)3/h4-11,16,18,21H,12H2,1-3H3/t16-,18-/m1/s1. The molecule has 1 aliphatic rings. The van der Waals surface area contributed by atoms with Crippen molar-refractivity contribution in [2.45, 2.75) is 23.5 Å². The number of hydrogen-bond donors (Lipinski definition) is 1. The van der Waals surface area contributed by atoms with E-state index in [2.05, 4.69) is 0 Å². The summed E-state index contributed by atoms with van der Waals surface area (Å²) in [7, 11) is 1.89. The quantitative estimate of drug-likeness (QED) is 0.924. The molecule has 0 saturated carbocycles. The van der Waals surface area contributed by atoms with Gasteiger partial charge in [0.05, 0.1) is 17.0 Å². The highest BCUT2D eigenvalue weighted by atomic mass is 32.2. The number of likely N-dealkylation sites (N-methyl/N-ethyl adjacent to an activating group) is 1. The number of nitrogens with zero attached hydrogens (tertiary/aromatic N) is 2. The summed E-state index contributed by atoms with van der Waals surface area (Å²) in [5.41, 5.74) is 2.55. The number of benzene rings is 2. The van der Waals surface area contributed by atoms with Crippen LogP contribution in [0.5, 0.6) is 0 Å². The molecule has 0 fully saturated rings. The molecule has 0 bridgehead atoms. The predicted molar refractivity (Wildman–Crippen MR) is 94.6 cm³/mol. The molecule has 5 nitrogen and oxygen atoms in total. The number of rotatable bonds is 3. The van der Waals surface area contributed by atoms with Crippen molar-refractivity contribution >= 4 is 15.7 Å². The van der Waals surface area contributed by atoms with Gasteiger partial charge in [-0.05, 0) is 30.2 Å². The van der Waals surface area contributed by atoms with Crippen molar-refractivity contribution in [1.82, 2.24) is 4.31 Å². The van der Waals surface area contributed by atoms with E-state index in [-0.39, 0.29) is 4.90 Å². The van der Waals surface area contributed by atoms with E-state index in [1.54, 1.807) is 24.3 Å². The number of aliphatic hydroxyl groups is 1. The van der Waals surface area contributed by atoms with Crippen LogP contribution in [0.3, 0.4) is 0 Å². The fraction of sp³-hybridized carbons (Fsp3) is 0.333. The second-order valence-electron chi connectivity index (χ2n) is 6.34. The lowest BCUT2D eigenvalue weighted by Gasteiger charge is -2.37. The Morgan fingerprint density at radius 2 is 1.71 bits per heavy atom. The topological polar surface area (TPSA) is 60.9 Å². The Kier molecular flexibility index (Phi) is 4.38. The maximum atomic E-state index is 12.7. The molecule has 24 heavy (non-hydrogen) atoms. The lowest BCUT2D eigenvalue weighted by molar-refractivity contribution is 0.0892. The summed E-state index contributed by atoms with van der Waals surface area (Å²) in [6.07, 6.45) is -0.387. The number of sulfonamides is 1. The lowest BCUT2D eigenvalue weighted by atomic mass is 9.95. The van der Waals surface area contributed by atoms with Crippen molar-refractivity contribution in [3.63, 3.8) is 0 Å². The van der Waals surface area contributed by atoms with Gasteiger partial charge in [0.15, 0.2) is 0 Å². The third-order valence-corrected chi connectivity index (χ3v) is 6.58. The van der Waals surface area contributed by atoms with E-state index in [0.29, 0.717) is 12.0 Å². The van der Waals surface area contributed by atoms with Crippen molar-refractivity contribution in [3.05, 3.63) is 59.7 Å². The van der Waals surface area contributed by atoms with E-state index >= 15 is 0 Å². The lowest BCUT2D eigenvalue weighted by Crippen LogP contribution is -2.46. The Morgan fingerprint density at radius 3 is 2.33 bits per heavy atom. The first-order valence-electron chi connectivity index (χ1n) is 7.83. The van der Waals surface area contributed by atoms with Crippen molar-refractivity contribution in [1.29, 1.82) is 0 Å². The molecular formula is C18H22N2O3S. The molecule has 128 valence electrons. The average molecular weight is 346 g/mol. The normalized spacial score (nSPS) is 22.8. The van der Waals surface area contributed by atoms with E-state index in [9.17, 15) is 13.5 Å². The Morgan fingerprint density at radius 1 is 1.08 bits per heavy atom. The molecule has 0 unspecified atom stereocenters. The molecule has 0 saturated heterocycles. The monoisotopic (exact) mass is 346 g/mol. The van der Waals surface area contributed by atoms with Crippen molar-refractivity contribution in [2.75, 3.05) is 26.0 Å². The second kappa shape index (κ2) is 6.20. The second-order valence-corrected chi connectivity index (χ2v) is 8.30. The van der Waals surface area contributed by atoms with Crippen molar-refractivity contribution in [3.8, 4) is 0 Å². The van der Waals surface area contributed by atoms with Crippen LogP contribution in [0.15, 0.2) is 53.4 Å². The first-order chi connectivity index (χ1) is 11.3. The van der Waals surface area contributed by atoms with Gasteiger partial charge in [-0.25, -0.2) is 8.42 Å². The molecule has 3 rings (SSSR count). The predicted octanol–water partition coefficient (Wildman–Crippen LogP) is 2.03. The van der Waals surface area contributed by atoms with Crippen LogP contribution in [0, 0.1) is 0 Å². The molecule has 6 heteroatoms. The van der Waals surface area contributed by atoms with E-state index in [4.69, 9.17) is 0 Å². The van der Waals surface area contributed by atoms with Crippen LogP contribution in [0.1, 0.15) is 17.2 Å². The van der Waals surface area contributed by atoms with E-state index < -0.39 is 22.2 Å². The average Bonchev–Trinajstić information content (AvgIpc) is 2.58. The summed E-state index contributed by atoms with van der Waals surface area (Å²) in [6.45, 7) is 0. The van der Waals surface area contributed by atoms with Gasteiger partial charge in [0.25, 0.3) is 0 Å². The first kappa shape index (κ1) is 17.0. The van der Waals surface area contributed by atoms with Gasteiger partial charge in [-0.15, -0.1) is 0 Å². The molecule has 2 aromatic rings. The zero-order valence-electron chi connectivity index (χ0n) is 14.0. The molecular weight excluding hydrogens is 324 g/mol. The molecule has 2 atom stereocenters. The zero-order valence-corrected chi connectivity index (χ0v) is 14.9. The van der Waals surface area contributed by atoms with Gasteiger partial charge >= 0.3 is 0 Å². The minimum absolute atomic E-state index is 0.194. The van der Waals surface area contributed by atoms with E-state index in [1.165, 1.54) is 11.4 Å². The fourth-order valence-electron chi connectivity index (χ4n) is 3.11. The summed E-state index contributed by atoms with van der Waals surface area (Å²) < 4.78 is 26.7. The van der Waals surface area contributed by atoms with E-state index in [1.807, 2.05) is 43.3 Å². The smallest absolute Gasteiger partial charge is 0.243 e. The van der Waals surface area contributed by atoms with Crippen LogP contribution >= 0.6 is 0 Å². The molecule has 0 radical (unpaired) electrons. The zero-order chi connectivity index (χ0) is 17.5. The molecule has 0 aromatic heterocycles. The summed E-state index contributed by atoms with van der Waals surface area (Å²) in [5, 5.41) is 10.7. The summed E-state index contributed by atoms with van der Waals surface area (Å²) in [6, 6.07) is 14.1. The van der Waals surface area contributed by atoms with Gasteiger partial charge in [-0.1, -0.05) is 30.3 Å². The number of anilines is 1. The number of aliphatic hydroxyl groups excluding tert-OH is 1. The molecule has 2 aromatic carbocycles. The number of hydrogen-bond acceptors (Lipinski definition) is 4. The fourth-order valence-corrected chi connectivity index (χ4v) is 4.70. The van der Waals surface area contributed by atoms with Crippen molar-refractivity contribution < 1.29 is 13.5 Å². The molecule has 1 heterocycles. The maximum Gasteiger partial charge on any atom is 0.243 e. The molecule has 1 aliphatic heterocycles. The van der Waals surface area contributed by atoms with Crippen LogP contribution in [0.4, 0.5) is 5.69 Å². The Balaban J connectivity index is 1.94. The van der Waals surface area contributed by atoms with Gasteiger partial charge in [0.1, 0.15) is 0 Å². The summed E-state index contributed by atoms with van der Waals surface area (Å²) in [4.78, 5) is 2.20. The summed E-state index contributed by atoms with van der Waals surface area (Å²) in [5.74, 6) is 0. The third kappa shape index (κ3) is 2.81. The third-order valence-electron chi connectivity index (χ3n) is 4.62. The SMILES string of the molecule is CN(C)c1ccc(C[C@@H]2[C@H](O)c3ccccc3S(=O)(=O)N2C)cc1. The van der Waals surface area contributed by atoms with Crippen LogP contribution < -0.4 is 4.90 Å². The Hall–Kier alpha value is -1.89. The first-order valence-corrected chi connectivity index (χ1v) is 9.27. The van der Waals surface area contributed by atoms with Gasteiger partial charge in [0.2, 0.25) is 10.0 Å². The van der Waals surface area contributed by atoms with E-state index in [0.717, 1.165) is 11.3 Å². The maximum absolute atomic E-state index is 12.7. The summed E-state index contributed by atoms with van der Waals surface area (Å²) >= 11 is 0.